The van der Waals surface area contributed by atoms with Crippen molar-refractivity contribution in [3.63, 3.8) is 0 Å². The first-order valence-electron chi connectivity index (χ1n) is 7.40. The number of anilines is 1. The lowest BCUT2D eigenvalue weighted by Crippen LogP contribution is -2.52. The minimum atomic E-state index is -0.198. The number of rotatable bonds is 2. The molecule has 3 heterocycles. The van der Waals surface area contributed by atoms with Crippen LogP contribution in [-0.4, -0.2) is 54.7 Å². The van der Waals surface area contributed by atoms with Gasteiger partial charge in [-0.25, -0.2) is 0 Å². The smallest absolute Gasteiger partial charge is 0.251 e. The molecule has 1 amide bonds. The van der Waals surface area contributed by atoms with Crippen molar-refractivity contribution in [3.8, 4) is 0 Å². The Morgan fingerprint density at radius 2 is 1.90 bits per heavy atom. The molecule has 1 aromatic heterocycles. The molecule has 1 aromatic rings. The maximum atomic E-state index is 12.4. The molecule has 0 bridgehead atoms. The van der Waals surface area contributed by atoms with Gasteiger partial charge in [-0.2, -0.15) is 0 Å². The van der Waals surface area contributed by atoms with Crippen molar-refractivity contribution in [3.05, 3.63) is 24.5 Å². The van der Waals surface area contributed by atoms with E-state index in [0.29, 0.717) is 0 Å². The number of carbonyl (C=O) groups excluding carboxylic acids is 1. The van der Waals surface area contributed by atoms with Gasteiger partial charge in [-0.05, 0) is 31.4 Å². The minimum Gasteiger partial charge on any atom is -0.368 e. The van der Waals surface area contributed by atoms with Crippen LogP contribution in [0.2, 0.25) is 0 Å². The highest BCUT2D eigenvalue weighted by molar-refractivity contribution is 5.81. The number of hydrogen-bond donors (Lipinski definition) is 0. The fourth-order valence-corrected chi connectivity index (χ4v) is 2.88. The molecular formula is C15H21N3O2. The van der Waals surface area contributed by atoms with Crippen LogP contribution in [0.5, 0.6) is 0 Å². The predicted molar refractivity (Wildman–Crippen MR) is 76.6 cm³/mol. The van der Waals surface area contributed by atoms with Crippen molar-refractivity contribution in [2.24, 2.45) is 0 Å². The number of ether oxygens (including phenoxy) is 1. The molecule has 0 aliphatic carbocycles. The summed E-state index contributed by atoms with van der Waals surface area (Å²) in [7, 11) is 0. The highest BCUT2D eigenvalue weighted by Crippen LogP contribution is 2.18. The first-order chi connectivity index (χ1) is 9.84. The fraction of sp³-hybridized carbons (Fsp3) is 0.600. The lowest BCUT2D eigenvalue weighted by Gasteiger charge is -2.38. The van der Waals surface area contributed by atoms with Crippen LogP contribution < -0.4 is 4.90 Å². The third-order valence-corrected chi connectivity index (χ3v) is 4.07. The van der Waals surface area contributed by atoms with Crippen LogP contribution in [0.15, 0.2) is 24.5 Å². The highest BCUT2D eigenvalue weighted by atomic mass is 16.5. The molecule has 0 unspecified atom stereocenters. The molecular weight excluding hydrogens is 254 g/mol. The Balaban J connectivity index is 1.54. The van der Waals surface area contributed by atoms with Gasteiger partial charge in [-0.3, -0.25) is 9.78 Å². The first-order valence-corrected chi connectivity index (χ1v) is 7.40. The van der Waals surface area contributed by atoms with Gasteiger partial charge in [0.2, 0.25) is 0 Å². The van der Waals surface area contributed by atoms with E-state index in [2.05, 4.69) is 9.88 Å². The van der Waals surface area contributed by atoms with Crippen molar-refractivity contribution in [1.82, 2.24) is 9.88 Å². The summed E-state index contributed by atoms with van der Waals surface area (Å²) in [4.78, 5) is 20.7. The molecule has 2 fully saturated rings. The lowest BCUT2D eigenvalue weighted by atomic mass is 10.1. The maximum Gasteiger partial charge on any atom is 0.251 e. The molecule has 0 spiro atoms. The van der Waals surface area contributed by atoms with Gasteiger partial charge in [0, 0.05) is 50.9 Å². The number of hydrogen-bond acceptors (Lipinski definition) is 4. The van der Waals surface area contributed by atoms with Crippen molar-refractivity contribution >= 4 is 11.6 Å². The number of piperazine rings is 1. The zero-order valence-corrected chi connectivity index (χ0v) is 11.7. The second-order valence-electron chi connectivity index (χ2n) is 5.37. The van der Waals surface area contributed by atoms with Crippen molar-refractivity contribution in [2.45, 2.75) is 25.4 Å². The van der Waals surface area contributed by atoms with Gasteiger partial charge >= 0.3 is 0 Å². The van der Waals surface area contributed by atoms with Crippen LogP contribution in [-0.2, 0) is 9.53 Å². The SMILES string of the molecule is O=C([C@@H]1CCCCO1)N1CCN(c2ccncc2)CC1. The topological polar surface area (TPSA) is 45.7 Å². The van der Waals surface area contributed by atoms with E-state index in [1.165, 1.54) is 5.69 Å². The standard InChI is InChI=1S/C15H21N3O2/c19-15(14-3-1-2-12-20-14)18-10-8-17(9-11-18)13-4-6-16-7-5-13/h4-7,14H,1-3,8-12H2/t14-/m0/s1. The largest absolute Gasteiger partial charge is 0.368 e. The molecule has 2 aliphatic rings. The predicted octanol–water partition coefficient (Wildman–Crippen LogP) is 1.30. The summed E-state index contributed by atoms with van der Waals surface area (Å²) < 4.78 is 5.59. The summed E-state index contributed by atoms with van der Waals surface area (Å²) in [6.07, 6.45) is 6.48. The van der Waals surface area contributed by atoms with Gasteiger partial charge in [-0.15, -0.1) is 0 Å². The van der Waals surface area contributed by atoms with E-state index in [9.17, 15) is 4.79 Å². The second-order valence-corrected chi connectivity index (χ2v) is 5.37. The van der Waals surface area contributed by atoms with Gasteiger partial charge in [0.05, 0.1) is 0 Å². The van der Waals surface area contributed by atoms with E-state index in [4.69, 9.17) is 4.74 Å². The van der Waals surface area contributed by atoms with Crippen LogP contribution in [0.4, 0.5) is 5.69 Å². The molecule has 0 N–H and O–H groups in total. The summed E-state index contributed by atoms with van der Waals surface area (Å²) in [5, 5.41) is 0. The number of pyridine rings is 1. The van der Waals surface area contributed by atoms with E-state index in [1.807, 2.05) is 29.4 Å². The highest BCUT2D eigenvalue weighted by Gasteiger charge is 2.29. The Kier molecular flexibility index (Phi) is 4.16. The summed E-state index contributed by atoms with van der Waals surface area (Å²) in [5.74, 6) is 0.180. The van der Waals surface area contributed by atoms with Crippen LogP contribution in [0, 0.1) is 0 Å². The Morgan fingerprint density at radius 3 is 2.55 bits per heavy atom. The molecule has 20 heavy (non-hydrogen) atoms. The molecule has 0 saturated carbocycles. The Labute approximate surface area is 119 Å². The zero-order chi connectivity index (χ0) is 13.8. The molecule has 3 rings (SSSR count). The quantitative estimate of drug-likeness (QED) is 0.816. The zero-order valence-electron chi connectivity index (χ0n) is 11.7. The molecule has 2 aliphatic heterocycles. The Bertz CT molecular complexity index is 438. The molecule has 2 saturated heterocycles. The van der Waals surface area contributed by atoms with Gasteiger partial charge in [-0.1, -0.05) is 0 Å². The van der Waals surface area contributed by atoms with Crippen LogP contribution >= 0.6 is 0 Å². The average Bonchev–Trinajstić information content (AvgIpc) is 2.56. The van der Waals surface area contributed by atoms with Crippen molar-refractivity contribution in [2.75, 3.05) is 37.7 Å². The Hall–Kier alpha value is -1.62. The van der Waals surface area contributed by atoms with E-state index in [1.54, 1.807) is 0 Å². The third-order valence-electron chi connectivity index (χ3n) is 4.07. The molecule has 1 atom stereocenters. The van der Waals surface area contributed by atoms with Crippen LogP contribution in [0.25, 0.3) is 0 Å². The van der Waals surface area contributed by atoms with Gasteiger partial charge in [0.1, 0.15) is 6.10 Å². The number of aromatic nitrogens is 1. The normalized spacial score (nSPS) is 23.7. The van der Waals surface area contributed by atoms with Gasteiger partial charge in [0.15, 0.2) is 0 Å². The molecule has 0 aromatic carbocycles. The van der Waals surface area contributed by atoms with Crippen LogP contribution in [0.1, 0.15) is 19.3 Å². The van der Waals surface area contributed by atoms with Gasteiger partial charge < -0.3 is 14.5 Å². The monoisotopic (exact) mass is 275 g/mol. The van der Waals surface area contributed by atoms with E-state index in [0.717, 1.165) is 52.0 Å². The number of carbonyl (C=O) groups is 1. The maximum absolute atomic E-state index is 12.4. The second kappa shape index (κ2) is 6.22. The van der Waals surface area contributed by atoms with Gasteiger partial charge in [0.25, 0.3) is 5.91 Å². The Morgan fingerprint density at radius 1 is 1.15 bits per heavy atom. The summed E-state index contributed by atoms with van der Waals surface area (Å²) in [6.45, 7) is 4.04. The molecule has 0 radical (unpaired) electrons. The molecule has 5 heteroatoms. The van der Waals surface area contributed by atoms with E-state index < -0.39 is 0 Å². The summed E-state index contributed by atoms with van der Waals surface area (Å²) in [5.41, 5.74) is 1.18. The minimum absolute atomic E-state index is 0.180. The number of nitrogens with zero attached hydrogens (tertiary/aromatic N) is 3. The fourth-order valence-electron chi connectivity index (χ4n) is 2.88. The van der Waals surface area contributed by atoms with Crippen molar-refractivity contribution in [1.29, 1.82) is 0 Å². The van der Waals surface area contributed by atoms with Crippen LogP contribution in [0.3, 0.4) is 0 Å². The number of amides is 1. The first kappa shape index (κ1) is 13.4. The third kappa shape index (κ3) is 2.93. The average molecular weight is 275 g/mol. The lowest BCUT2D eigenvalue weighted by molar-refractivity contribution is -0.146. The molecule has 5 nitrogen and oxygen atoms in total. The van der Waals surface area contributed by atoms with E-state index >= 15 is 0 Å². The molecule has 108 valence electrons. The summed E-state index contributed by atoms with van der Waals surface area (Å²) in [6, 6.07) is 4.03. The van der Waals surface area contributed by atoms with E-state index in [-0.39, 0.29) is 12.0 Å². The van der Waals surface area contributed by atoms with Crippen molar-refractivity contribution < 1.29 is 9.53 Å². The summed E-state index contributed by atoms with van der Waals surface area (Å²) >= 11 is 0.